The second-order valence-electron chi connectivity index (χ2n) is 4.72. The van der Waals surface area contributed by atoms with E-state index in [1.807, 2.05) is 0 Å². The quantitative estimate of drug-likeness (QED) is 0.728. The highest BCUT2D eigenvalue weighted by Crippen LogP contribution is 2.47. The number of hydrogen-bond acceptors (Lipinski definition) is 1. The SMILES string of the molecule is CC1(C)c2ccccc2-c2ccccc21.CN. The maximum atomic E-state index is 4.50. The van der Waals surface area contributed by atoms with Crippen molar-refractivity contribution in [1.29, 1.82) is 0 Å². The predicted molar refractivity (Wildman–Crippen MR) is 74.1 cm³/mol. The lowest BCUT2D eigenvalue weighted by molar-refractivity contribution is 0.660. The van der Waals surface area contributed by atoms with Crippen LogP contribution in [0.2, 0.25) is 0 Å². The van der Waals surface area contributed by atoms with Gasteiger partial charge in [-0.25, -0.2) is 0 Å². The molecule has 1 heteroatoms. The molecule has 0 bridgehead atoms. The summed E-state index contributed by atoms with van der Waals surface area (Å²) in [5, 5.41) is 0. The van der Waals surface area contributed by atoms with Gasteiger partial charge in [0.05, 0.1) is 0 Å². The average molecular weight is 225 g/mol. The number of nitrogens with two attached hydrogens (primary N) is 1. The molecule has 0 fully saturated rings. The van der Waals surface area contributed by atoms with Gasteiger partial charge in [0.15, 0.2) is 0 Å². The second-order valence-corrected chi connectivity index (χ2v) is 4.72. The van der Waals surface area contributed by atoms with Gasteiger partial charge in [-0.15, -0.1) is 0 Å². The van der Waals surface area contributed by atoms with E-state index < -0.39 is 0 Å². The maximum absolute atomic E-state index is 4.50. The van der Waals surface area contributed by atoms with E-state index in [4.69, 9.17) is 0 Å². The summed E-state index contributed by atoms with van der Waals surface area (Å²) in [7, 11) is 1.50. The molecule has 0 amide bonds. The van der Waals surface area contributed by atoms with Crippen molar-refractivity contribution < 1.29 is 0 Å². The van der Waals surface area contributed by atoms with Crippen LogP contribution in [0.3, 0.4) is 0 Å². The van der Waals surface area contributed by atoms with Gasteiger partial charge in [-0.05, 0) is 29.3 Å². The van der Waals surface area contributed by atoms with Crippen molar-refractivity contribution in [3.8, 4) is 11.1 Å². The maximum Gasteiger partial charge on any atom is 0.0158 e. The molecule has 2 aromatic carbocycles. The van der Waals surface area contributed by atoms with E-state index in [-0.39, 0.29) is 5.41 Å². The third kappa shape index (κ3) is 1.67. The fraction of sp³-hybridized carbons (Fsp3) is 0.250. The van der Waals surface area contributed by atoms with Crippen molar-refractivity contribution in [3.63, 3.8) is 0 Å². The molecule has 0 atom stereocenters. The van der Waals surface area contributed by atoms with Gasteiger partial charge in [-0.3, -0.25) is 0 Å². The zero-order valence-electron chi connectivity index (χ0n) is 10.7. The molecule has 17 heavy (non-hydrogen) atoms. The molecular formula is C16H19N. The van der Waals surface area contributed by atoms with E-state index in [2.05, 4.69) is 68.1 Å². The zero-order valence-corrected chi connectivity index (χ0v) is 10.7. The number of hydrogen-bond donors (Lipinski definition) is 1. The van der Waals surface area contributed by atoms with Gasteiger partial charge in [0.1, 0.15) is 0 Å². The van der Waals surface area contributed by atoms with Crippen molar-refractivity contribution in [1.82, 2.24) is 0 Å². The summed E-state index contributed by atoms with van der Waals surface area (Å²) in [5.74, 6) is 0. The van der Waals surface area contributed by atoms with Gasteiger partial charge in [0.25, 0.3) is 0 Å². The molecule has 1 aliphatic rings. The zero-order chi connectivity index (χ0) is 12.5. The van der Waals surface area contributed by atoms with Crippen LogP contribution in [0.25, 0.3) is 11.1 Å². The first-order valence-electron chi connectivity index (χ1n) is 5.98. The van der Waals surface area contributed by atoms with E-state index in [1.54, 1.807) is 0 Å². The van der Waals surface area contributed by atoms with Crippen LogP contribution in [-0.2, 0) is 5.41 Å². The molecule has 2 aromatic rings. The molecule has 0 heterocycles. The average Bonchev–Trinajstić information content (AvgIpc) is 2.63. The van der Waals surface area contributed by atoms with Gasteiger partial charge in [-0.1, -0.05) is 62.4 Å². The summed E-state index contributed by atoms with van der Waals surface area (Å²) in [4.78, 5) is 0. The largest absolute Gasteiger partial charge is 0.333 e. The highest BCUT2D eigenvalue weighted by molar-refractivity contribution is 5.80. The lowest BCUT2D eigenvalue weighted by atomic mass is 9.82. The third-order valence-corrected chi connectivity index (χ3v) is 3.49. The van der Waals surface area contributed by atoms with Crippen molar-refractivity contribution in [2.75, 3.05) is 7.05 Å². The topological polar surface area (TPSA) is 26.0 Å². The Labute approximate surface area is 103 Å². The summed E-state index contributed by atoms with van der Waals surface area (Å²) in [6.45, 7) is 4.61. The van der Waals surface area contributed by atoms with Crippen molar-refractivity contribution in [2.24, 2.45) is 5.73 Å². The van der Waals surface area contributed by atoms with Crippen LogP contribution < -0.4 is 5.73 Å². The minimum atomic E-state index is 0.160. The molecule has 1 nitrogen and oxygen atoms in total. The minimum absolute atomic E-state index is 0.160. The Kier molecular flexibility index (Phi) is 3.03. The number of benzene rings is 2. The summed E-state index contributed by atoms with van der Waals surface area (Å²) in [6, 6.07) is 17.4. The van der Waals surface area contributed by atoms with Crippen LogP contribution >= 0.6 is 0 Å². The minimum Gasteiger partial charge on any atom is -0.333 e. The standard InChI is InChI=1S/C15H14.CH5N/c1-15(2)13-9-5-3-7-11(13)12-8-4-6-10-14(12)15;1-2/h3-10H,1-2H3;2H2,1H3. The molecule has 3 rings (SSSR count). The summed E-state index contributed by atoms with van der Waals surface area (Å²) in [6.07, 6.45) is 0. The first-order chi connectivity index (χ1) is 8.21. The van der Waals surface area contributed by atoms with Crippen LogP contribution in [0.1, 0.15) is 25.0 Å². The molecule has 0 saturated carbocycles. The Morgan fingerprint density at radius 2 is 1.06 bits per heavy atom. The highest BCUT2D eigenvalue weighted by atomic mass is 14.4. The Bertz CT molecular complexity index is 479. The number of rotatable bonds is 0. The van der Waals surface area contributed by atoms with E-state index in [1.165, 1.54) is 29.3 Å². The van der Waals surface area contributed by atoms with E-state index >= 15 is 0 Å². The molecule has 0 unspecified atom stereocenters. The molecule has 1 aliphatic carbocycles. The first kappa shape index (κ1) is 11.9. The van der Waals surface area contributed by atoms with Gasteiger partial charge in [-0.2, -0.15) is 0 Å². The third-order valence-electron chi connectivity index (χ3n) is 3.49. The van der Waals surface area contributed by atoms with Crippen molar-refractivity contribution in [3.05, 3.63) is 59.7 Å². The van der Waals surface area contributed by atoms with Crippen LogP contribution in [0.5, 0.6) is 0 Å². The lowest BCUT2D eigenvalue weighted by Crippen LogP contribution is -2.14. The molecule has 0 aromatic heterocycles. The van der Waals surface area contributed by atoms with Crippen molar-refractivity contribution in [2.45, 2.75) is 19.3 Å². The highest BCUT2D eigenvalue weighted by Gasteiger charge is 2.34. The Morgan fingerprint density at radius 1 is 0.706 bits per heavy atom. The number of fused-ring (bicyclic) bond motifs is 3. The van der Waals surface area contributed by atoms with Crippen LogP contribution in [0.15, 0.2) is 48.5 Å². The van der Waals surface area contributed by atoms with E-state index in [0.717, 1.165) is 0 Å². The molecule has 88 valence electrons. The van der Waals surface area contributed by atoms with Gasteiger partial charge in [0, 0.05) is 5.41 Å². The fourth-order valence-corrected chi connectivity index (χ4v) is 2.67. The predicted octanol–water partition coefficient (Wildman–Crippen LogP) is 3.57. The fourth-order valence-electron chi connectivity index (χ4n) is 2.67. The van der Waals surface area contributed by atoms with Crippen molar-refractivity contribution >= 4 is 0 Å². The first-order valence-corrected chi connectivity index (χ1v) is 5.98. The van der Waals surface area contributed by atoms with Gasteiger partial charge < -0.3 is 5.73 Å². The summed E-state index contributed by atoms with van der Waals surface area (Å²) < 4.78 is 0. The molecule has 0 radical (unpaired) electrons. The van der Waals surface area contributed by atoms with E-state index in [0.29, 0.717) is 0 Å². The van der Waals surface area contributed by atoms with Gasteiger partial charge in [0.2, 0.25) is 0 Å². The van der Waals surface area contributed by atoms with Gasteiger partial charge >= 0.3 is 0 Å². The normalized spacial score (nSPS) is 14.4. The molecule has 2 N–H and O–H groups in total. The molecule has 0 aliphatic heterocycles. The summed E-state index contributed by atoms with van der Waals surface area (Å²) in [5.41, 5.74) is 10.4. The van der Waals surface area contributed by atoms with Crippen LogP contribution in [0.4, 0.5) is 0 Å². The lowest BCUT2D eigenvalue weighted by Gasteiger charge is -2.20. The molecule has 0 saturated heterocycles. The second kappa shape index (κ2) is 4.34. The Hall–Kier alpha value is -1.60. The monoisotopic (exact) mass is 225 g/mol. The molecular weight excluding hydrogens is 206 g/mol. The smallest absolute Gasteiger partial charge is 0.0158 e. The Balaban J connectivity index is 0.000000514. The molecule has 0 spiro atoms. The van der Waals surface area contributed by atoms with E-state index in [9.17, 15) is 0 Å². The van der Waals surface area contributed by atoms with Crippen LogP contribution in [0, 0.1) is 0 Å². The Morgan fingerprint density at radius 3 is 1.47 bits per heavy atom. The summed E-state index contributed by atoms with van der Waals surface area (Å²) >= 11 is 0. The van der Waals surface area contributed by atoms with Crippen LogP contribution in [-0.4, -0.2) is 7.05 Å².